The van der Waals surface area contributed by atoms with Crippen LogP contribution in [0.4, 0.5) is 5.82 Å². The molecule has 22 heavy (non-hydrogen) atoms. The van der Waals surface area contributed by atoms with Gasteiger partial charge in [-0.15, -0.1) is 0 Å². The van der Waals surface area contributed by atoms with Crippen molar-refractivity contribution in [2.45, 2.75) is 32.4 Å². The smallest absolute Gasteiger partial charge is 0.252 e. The lowest BCUT2D eigenvalue weighted by Crippen LogP contribution is -2.39. The van der Waals surface area contributed by atoms with E-state index in [1.165, 1.54) is 11.2 Å². The van der Waals surface area contributed by atoms with Gasteiger partial charge in [-0.25, -0.2) is 9.97 Å². The van der Waals surface area contributed by atoms with Gasteiger partial charge in [-0.2, -0.15) is 0 Å². The third-order valence-electron chi connectivity index (χ3n) is 3.61. The number of fused-ring (bicyclic) bond motifs is 1. The largest absolute Gasteiger partial charge is 0.357 e. The van der Waals surface area contributed by atoms with E-state index < -0.39 is 6.04 Å². The van der Waals surface area contributed by atoms with Gasteiger partial charge >= 0.3 is 0 Å². The van der Waals surface area contributed by atoms with Gasteiger partial charge in [0.1, 0.15) is 18.2 Å². The first-order chi connectivity index (χ1) is 10.5. The zero-order chi connectivity index (χ0) is 15.9. The number of likely N-dealkylation sites (tertiary alicyclic amines) is 1. The van der Waals surface area contributed by atoms with E-state index in [0.717, 1.165) is 5.39 Å². The predicted octanol–water partition coefficient (Wildman–Crippen LogP) is 2.23. The molecule has 1 N–H and O–H groups in total. The molecule has 1 aromatic heterocycles. The number of anilines is 1. The summed E-state index contributed by atoms with van der Waals surface area (Å²) < 4.78 is 0. The van der Waals surface area contributed by atoms with Crippen molar-refractivity contribution in [3.63, 3.8) is 0 Å². The van der Waals surface area contributed by atoms with Crippen LogP contribution in [0, 0.1) is 0 Å². The van der Waals surface area contributed by atoms with Crippen LogP contribution in [0.15, 0.2) is 24.5 Å². The van der Waals surface area contributed by atoms with Gasteiger partial charge < -0.3 is 5.32 Å². The maximum atomic E-state index is 12.3. The average molecular weight is 319 g/mol. The van der Waals surface area contributed by atoms with Crippen LogP contribution in [0.2, 0.25) is 5.02 Å². The van der Waals surface area contributed by atoms with Crippen molar-refractivity contribution >= 4 is 40.1 Å². The summed E-state index contributed by atoms with van der Waals surface area (Å²) in [5, 5.41) is 4.40. The highest BCUT2D eigenvalue weighted by atomic mass is 35.5. The minimum atomic E-state index is -0.594. The van der Waals surface area contributed by atoms with E-state index in [1.54, 1.807) is 18.2 Å². The third-order valence-corrected chi connectivity index (χ3v) is 3.84. The molecule has 3 rings (SSSR count). The summed E-state index contributed by atoms with van der Waals surface area (Å²) in [7, 11) is 0. The molecule has 0 aliphatic carbocycles. The topological polar surface area (TPSA) is 75.2 Å². The Bertz CT molecular complexity index is 762. The molecular weight excluding hydrogens is 304 g/mol. The number of aromatic nitrogens is 2. The van der Waals surface area contributed by atoms with Gasteiger partial charge in [-0.05, 0) is 32.0 Å². The molecule has 0 spiro atoms. The first-order valence-corrected chi connectivity index (χ1v) is 7.38. The number of nitrogens with one attached hydrogen (secondary N) is 1. The molecule has 114 valence electrons. The highest BCUT2D eigenvalue weighted by Gasteiger charge is 2.40. The molecule has 6 nitrogen and oxygen atoms in total. The zero-order valence-corrected chi connectivity index (χ0v) is 13.0. The summed E-state index contributed by atoms with van der Waals surface area (Å²) >= 11 is 5.95. The number of nitrogens with zero attached hydrogens (tertiary/aromatic N) is 3. The maximum Gasteiger partial charge on any atom is 0.252 e. The lowest BCUT2D eigenvalue weighted by Gasteiger charge is -2.19. The molecule has 1 unspecified atom stereocenters. The van der Waals surface area contributed by atoms with Crippen LogP contribution in [0.1, 0.15) is 20.3 Å². The number of hydrogen-bond donors (Lipinski definition) is 1. The van der Waals surface area contributed by atoms with Crippen LogP contribution < -0.4 is 5.32 Å². The molecule has 1 fully saturated rings. The Labute approximate surface area is 132 Å². The average Bonchev–Trinajstić information content (AvgIpc) is 2.73. The van der Waals surface area contributed by atoms with E-state index in [-0.39, 0.29) is 24.3 Å². The van der Waals surface area contributed by atoms with E-state index in [0.29, 0.717) is 16.4 Å². The van der Waals surface area contributed by atoms with E-state index >= 15 is 0 Å². The molecule has 1 aliphatic rings. The van der Waals surface area contributed by atoms with Crippen molar-refractivity contribution in [1.82, 2.24) is 14.9 Å². The van der Waals surface area contributed by atoms with E-state index in [4.69, 9.17) is 11.6 Å². The number of carbonyl (C=O) groups is 2. The van der Waals surface area contributed by atoms with Crippen molar-refractivity contribution < 1.29 is 9.59 Å². The van der Waals surface area contributed by atoms with Gasteiger partial charge in [0.25, 0.3) is 5.91 Å². The summed E-state index contributed by atoms with van der Waals surface area (Å²) in [6.07, 6.45) is 1.54. The van der Waals surface area contributed by atoms with Gasteiger partial charge in [-0.1, -0.05) is 11.6 Å². The van der Waals surface area contributed by atoms with Gasteiger partial charge in [0.2, 0.25) is 5.91 Å². The second-order valence-corrected chi connectivity index (χ2v) is 5.92. The molecule has 1 aliphatic heterocycles. The highest BCUT2D eigenvalue weighted by Crippen LogP contribution is 2.25. The Morgan fingerprint density at radius 1 is 1.32 bits per heavy atom. The minimum Gasteiger partial charge on any atom is -0.357 e. The maximum absolute atomic E-state index is 12.3. The zero-order valence-electron chi connectivity index (χ0n) is 12.2. The fourth-order valence-corrected chi connectivity index (χ4v) is 2.78. The Balaban J connectivity index is 1.91. The van der Waals surface area contributed by atoms with Crippen molar-refractivity contribution in [3.05, 3.63) is 29.5 Å². The van der Waals surface area contributed by atoms with Gasteiger partial charge in [0, 0.05) is 16.5 Å². The Kier molecular flexibility index (Phi) is 3.70. The predicted molar refractivity (Wildman–Crippen MR) is 83.6 cm³/mol. The standard InChI is InChI=1S/C15H15ClN4O2/c1-8(2)20-13(21)6-12(15(20)22)19-14-10-4-3-9(16)5-11(10)17-7-18-14/h3-5,7-8,12H,6H2,1-2H3,(H,17,18,19). The quantitative estimate of drug-likeness (QED) is 0.878. The number of amides is 2. The van der Waals surface area contributed by atoms with E-state index in [2.05, 4.69) is 15.3 Å². The molecule has 1 saturated heterocycles. The van der Waals surface area contributed by atoms with E-state index in [9.17, 15) is 9.59 Å². The SMILES string of the molecule is CC(C)N1C(=O)CC(Nc2ncnc3cc(Cl)ccc23)C1=O. The molecule has 2 amide bonds. The van der Waals surface area contributed by atoms with Crippen LogP contribution in [-0.2, 0) is 9.59 Å². The summed E-state index contributed by atoms with van der Waals surface area (Å²) in [5.74, 6) is 0.137. The van der Waals surface area contributed by atoms with Crippen molar-refractivity contribution in [1.29, 1.82) is 0 Å². The first kappa shape index (κ1) is 14.7. The summed E-state index contributed by atoms with van der Waals surface area (Å²) in [6, 6.07) is 4.52. The van der Waals surface area contributed by atoms with Gasteiger partial charge in [0.05, 0.1) is 11.9 Å². The minimum absolute atomic E-state index is 0.135. The van der Waals surface area contributed by atoms with Gasteiger partial charge in [0.15, 0.2) is 0 Å². The van der Waals surface area contributed by atoms with Crippen LogP contribution in [0.3, 0.4) is 0 Å². The number of halogens is 1. The number of carbonyl (C=O) groups excluding carboxylic acids is 2. The molecule has 0 bridgehead atoms. The second kappa shape index (κ2) is 5.53. The Morgan fingerprint density at radius 3 is 2.77 bits per heavy atom. The van der Waals surface area contributed by atoms with E-state index in [1.807, 2.05) is 13.8 Å². The van der Waals surface area contributed by atoms with Crippen LogP contribution in [0.5, 0.6) is 0 Å². The fourth-order valence-electron chi connectivity index (χ4n) is 2.62. The summed E-state index contributed by atoms with van der Waals surface area (Å²) in [4.78, 5) is 33.9. The molecule has 7 heteroatoms. The van der Waals surface area contributed by atoms with Crippen LogP contribution in [-0.4, -0.2) is 38.8 Å². The van der Waals surface area contributed by atoms with Crippen LogP contribution >= 0.6 is 11.6 Å². The molecule has 0 saturated carbocycles. The van der Waals surface area contributed by atoms with Crippen molar-refractivity contribution in [3.8, 4) is 0 Å². The molecule has 2 aromatic rings. The van der Waals surface area contributed by atoms with Crippen molar-refractivity contribution in [2.24, 2.45) is 0 Å². The monoisotopic (exact) mass is 318 g/mol. The Hall–Kier alpha value is -2.21. The summed E-state index contributed by atoms with van der Waals surface area (Å²) in [6.45, 7) is 3.64. The molecule has 0 radical (unpaired) electrons. The van der Waals surface area contributed by atoms with Crippen molar-refractivity contribution in [2.75, 3.05) is 5.32 Å². The lowest BCUT2D eigenvalue weighted by atomic mass is 10.2. The molecule has 1 aromatic carbocycles. The molecule has 1 atom stereocenters. The summed E-state index contributed by atoms with van der Waals surface area (Å²) in [5.41, 5.74) is 0.683. The van der Waals surface area contributed by atoms with Crippen LogP contribution in [0.25, 0.3) is 10.9 Å². The third kappa shape index (κ3) is 2.50. The normalized spacial score (nSPS) is 18.5. The fraction of sp³-hybridized carbons (Fsp3) is 0.333. The van der Waals surface area contributed by atoms with Gasteiger partial charge in [-0.3, -0.25) is 14.5 Å². The highest BCUT2D eigenvalue weighted by molar-refractivity contribution is 6.31. The lowest BCUT2D eigenvalue weighted by molar-refractivity contribution is -0.140. The first-order valence-electron chi connectivity index (χ1n) is 7.00. The number of hydrogen-bond acceptors (Lipinski definition) is 5. The number of benzene rings is 1. The number of rotatable bonds is 3. The molecule has 2 heterocycles. The number of imide groups is 1. The Morgan fingerprint density at radius 2 is 2.09 bits per heavy atom. The molecular formula is C15H15ClN4O2. The second-order valence-electron chi connectivity index (χ2n) is 5.48.